The van der Waals surface area contributed by atoms with Crippen LogP contribution in [0.1, 0.15) is 129 Å². The topological polar surface area (TPSA) is 8.17 Å². The molecule has 2 aliphatic heterocycles. The number of aromatic nitrogens is 1. The Balaban J connectivity index is 1.22. The lowest BCUT2D eigenvalue weighted by atomic mass is 9.43. The molecular weight excluding hydrogens is 864 g/mol. The maximum atomic E-state index is 2.78. The minimum Gasteiger partial charge on any atom is -0.376 e. The summed E-state index contributed by atoms with van der Waals surface area (Å²) in [5, 5.41) is 5.45. The number of hydrogen-bond donors (Lipinski definition) is 0. The Morgan fingerprint density at radius 1 is 0.471 bits per heavy atom. The van der Waals surface area contributed by atoms with Gasteiger partial charge >= 0.3 is 6.85 Å². The lowest BCUT2D eigenvalue weighted by Gasteiger charge is -2.44. The summed E-state index contributed by atoms with van der Waals surface area (Å²) in [6.07, 6.45) is 0. The Labute approximate surface area is 418 Å². The number of fused-ring (bicyclic) bond motifs is 19. The molecule has 0 unspecified atom stereocenters. The Kier molecular flexibility index (Phi) is 8.10. The summed E-state index contributed by atoms with van der Waals surface area (Å²) in [6.45, 7) is 30.9. The van der Waals surface area contributed by atoms with Crippen LogP contribution in [0.2, 0.25) is 0 Å². The molecule has 0 saturated heterocycles. The van der Waals surface area contributed by atoms with Crippen molar-refractivity contribution >= 4 is 82.5 Å². The summed E-state index contributed by atoms with van der Waals surface area (Å²) >= 11 is 1.95. The first-order valence-electron chi connectivity index (χ1n) is 25.6. The largest absolute Gasteiger partial charge is 0.376 e. The van der Waals surface area contributed by atoms with Crippen LogP contribution in [-0.2, 0) is 27.1 Å². The number of thiophene rings is 1. The SMILES string of the molecule is CC(C)(C)c1ccc(N2B3c4cc5c(cc4-n4c6ccc(C(C)(C)C)cc6c6c7c(c(c3c64)-c3cc4sc6ccc(C(C)(C)C)cc6c4cc32)C(C)(C)c2ccccc2-7)C(C)(C)c2ccccc2-5)cc1. The van der Waals surface area contributed by atoms with E-state index in [4.69, 9.17) is 0 Å². The van der Waals surface area contributed by atoms with Crippen LogP contribution in [0.4, 0.5) is 11.4 Å². The van der Waals surface area contributed by atoms with E-state index in [1.807, 2.05) is 11.3 Å². The fourth-order valence-corrected chi connectivity index (χ4v) is 14.8. The smallest absolute Gasteiger partial charge is 0.333 e. The van der Waals surface area contributed by atoms with Crippen LogP contribution in [0.3, 0.4) is 0 Å². The highest BCUT2D eigenvalue weighted by Gasteiger charge is 2.51. The van der Waals surface area contributed by atoms with E-state index in [1.165, 1.54) is 142 Å². The van der Waals surface area contributed by atoms with E-state index in [1.54, 1.807) is 0 Å². The standard InChI is InChI=1S/C66H61BN2S/c1-62(2,3)36-22-26-39(27-23-36)69-52-33-44-43-30-38(64(7,8)9)25-29-54(43)70-55(44)34-46(52)58-59-56(41-19-15-17-21-48(41)66(59,12)13)57-45-31-37(63(4,5)6)24-28-51(45)68-53-35-49-42(32-50(53)67(69)60(58)61(57)68)40-18-14-16-20-47(40)65(49,10)11/h14-35H,1-13H3. The minimum absolute atomic E-state index is 0.0212. The van der Waals surface area contributed by atoms with Gasteiger partial charge in [0.05, 0.1) is 11.0 Å². The molecule has 0 atom stereocenters. The number of anilines is 2. The first-order valence-corrected chi connectivity index (χ1v) is 26.4. The zero-order valence-electron chi connectivity index (χ0n) is 43.1. The van der Waals surface area contributed by atoms with Crippen LogP contribution in [0, 0.1) is 0 Å². The van der Waals surface area contributed by atoms with E-state index in [-0.39, 0.29) is 33.9 Å². The van der Waals surface area contributed by atoms with Gasteiger partial charge in [-0.2, -0.15) is 0 Å². The zero-order valence-corrected chi connectivity index (χ0v) is 43.9. The van der Waals surface area contributed by atoms with Crippen LogP contribution in [0.25, 0.3) is 81.0 Å². The minimum atomic E-state index is -0.266. The van der Waals surface area contributed by atoms with Crippen molar-refractivity contribution in [1.29, 1.82) is 0 Å². The molecule has 0 amide bonds. The van der Waals surface area contributed by atoms with Crippen molar-refractivity contribution in [2.75, 3.05) is 4.81 Å². The Bertz CT molecular complexity index is 4000. The zero-order chi connectivity index (χ0) is 48.5. The van der Waals surface area contributed by atoms with Gasteiger partial charge in [0.25, 0.3) is 0 Å². The van der Waals surface area contributed by atoms with Crippen molar-refractivity contribution < 1.29 is 0 Å². The number of rotatable bonds is 1. The summed E-state index contributed by atoms with van der Waals surface area (Å²) in [5.41, 5.74) is 26.9. The normalized spacial score (nSPS) is 16.0. The van der Waals surface area contributed by atoms with Crippen molar-refractivity contribution in [1.82, 2.24) is 4.57 Å². The number of nitrogens with zero attached hydrogens (tertiary/aromatic N) is 2. The third-order valence-electron chi connectivity index (χ3n) is 17.4. The van der Waals surface area contributed by atoms with Gasteiger partial charge in [-0.05, 0) is 149 Å². The van der Waals surface area contributed by atoms with Crippen molar-refractivity contribution in [3.63, 3.8) is 0 Å². The van der Waals surface area contributed by atoms with Crippen LogP contribution < -0.4 is 15.7 Å². The molecular formula is C66H61BN2S. The Morgan fingerprint density at radius 3 is 1.76 bits per heavy atom. The molecule has 4 heterocycles. The third kappa shape index (κ3) is 5.36. The van der Waals surface area contributed by atoms with E-state index in [2.05, 4.69) is 233 Å². The van der Waals surface area contributed by atoms with E-state index in [0.29, 0.717) is 0 Å². The summed E-state index contributed by atoms with van der Waals surface area (Å²) in [7, 11) is 0. The highest BCUT2D eigenvalue weighted by atomic mass is 32.1. The molecule has 10 aromatic rings. The van der Waals surface area contributed by atoms with Gasteiger partial charge in [-0.1, -0.05) is 169 Å². The highest BCUT2D eigenvalue weighted by Crippen LogP contribution is 2.60. The quantitative estimate of drug-likeness (QED) is 0.149. The van der Waals surface area contributed by atoms with Crippen LogP contribution >= 0.6 is 11.3 Å². The number of benzene rings is 8. The predicted octanol–water partition coefficient (Wildman–Crippen LogP) is 16.9. The molecule has 0 N–H and O–H groups in total. The maximum absolute atomic E-state index is 2.78. The summed E-state index contributed by atoms with van der Waals surface area (Å²) in [4.78, 5) is 2.78. The molecule has 0 radical (unpaired) electrons. The molecule has 0 spiro atoms. The van der Waals surface area contributed by atoms with Crippen LogP contribution in [0.15, 0.2) is 133 Å². The molecule has 4 heteroatoms. The van der Waals surface area contributed by atoms with Gasteiger partial charge in [0, 0.05) is 64.4 Å². The molecule has 0 fully saturated rings. The first-order chi connectivity index (χ1) is 33.1. The monoisotopic (exact) mass is 924 g/mol. The summed E-state index contributed by atoms with van der Waals surface area (Å²) in [5.74, 6) is 0. The van der Waals surface area contributed by atoms with Gasteiger partial charge in [-0.25, -0.2) is 0 Å². The van der Waals surface area contributed by atoms with Crippen molar-refractivity contribution in [3.05, 3.63) is 172 Å². The van der Waals surface area contributed by atoms with Gasteiger partial charge in [0.2, 0.25) is 0 Å². The molecule has 0 saturated carbocycles. The van der Waals surface area contributed by atoms with E-state index >= 15 is 0 Å². The molecule has 14 rings (SSSR count). The van der Waals surface area contributed by atoms with Crippen molar-refractivity contribution in [3.8, 4) is 39.1 Å². The van der Waals surface area contributed by atoms with Gasteiger partial charge < -0.3 is 9.38 Å². The maximum Gasteiger partial charge on any atom is 0.333 e. The predicted molar refractivity (Wildman–Crippen MR) is 304 cm³/mol. The average Bonchev–Trinajstić information content (AvgIpc) is 3.99. The molecule has 0 bridgehead atoms. The Morgan fingerprint density at radius 2 is 1.07 bits per heavy atom. The fraction of sp³-hybridized carbons (Fsp3) is 0.273. The first kappa shape index (κ1) is 42.5. The highest BCUT2D eigenvalue weighted by molar-refractivity contribution is 7.25. The molecule has 8 aromatic carbocycles. The van der Waals surface area contributed by atoms with Gasteiger partial charge in [0.15, 0.2) is 0 Å². The molecule has 2 nitrogen and oxygen atoms in total. The van der Waals surface area contributed by atoms with Gasteiger partial charge in [-0.3, -0.25) is 0 Å². The average molecular weight is 925 g/mol. The Hall–Kier alpha value is -6.36. The second-order valence-electron chi connectivity index (χ2n) is 25.4. The van der Waals surface area contributed by atoms with Crippen molar-refractivity contribution in [2.24, 2.45) is 0 Å². The van der Waals surface area contributed by atoms with Gasteiger partial charge in [0.1, 0.15) is 0 Å². The fourth-order valence-electron chi connectivity index (χ4n) is 13.7. The summed E-state index contributed by atoms with van der Waals surface area (Å²) in [6, 6.07) is 53.4. The summed E-state index contributed by atoms with van der Waals surface area (Å²) < 4.78 is 5.42. The molecule has 70 heavy (non-hydrogen) atoms. The lowest BCUT2D eigenvalue weighted by Crippen LogP contribution is -2.61. The van der Waals surface area contributed by atoms with Crippen LogP contribution in [0.5, 0.6) is 0 Å². The van der Waals surface area contributed by atoms with Crippen LogP contribution in [-0.4, -0.2) is 11.4 Å². The van der Waals surface area contributed by atoms with Crippen molar-refractivity contribution in [2.45, 2.75) is 117 Å². The second-order valence-corrected chi connectivity index (χ2v) is 26.5. The van der Waals surface area contributed by atoms with E-state index in [9.17, 15) is 0 Å². The third-order valence-corrected chi connectivity index (χ3v) is 18.5. The van der Waals surface area contributed by atoms with E-state index < -0.39 is 0 Å². The second kappa shape index (κ2) is 13.3. The molecule has 4 aliphatic rings. The molecule has 2 aliphatic carbocycles. The van der Waals surface area contributed by atoms with Gasteiger partial charge in [-0.15, -0.1) is 11.3 Å². The van der Waals surface area contributed by atoms with E-state index in [0.717, 1.165) is 0 Å². The number of hydrogen-bond acceptors (Lipinski definition) is 2. The lowest BCUT2D eigenvalue weighted by molar-refractivity contribution is 0.590. The molecule has 2 aromatic heterocycles. The molecule has 344 valence electrons.